The standard InChI is InChI=1S/C14H12F3N3O/c15-14(16,17)13(21)20-6-3-9(4-7-20)10-8-19-11-2-1-5-18-12(10)11/h1-3,5,8,19H,4,6-7H2. The fourth-order valence-corrected chi connectivity index (χ4v) is 2.48. The molecule has 1 aliphatic heterocycles. The number of H-pyrrole nitrogens is 1. The van der Waals surface area contributed by atoms with Crippen LogP contribution in [0.3, 0.4) is 0 Å². The van der Waals surface area contributed by atoms with E-state index < -0.39 is 12.1 Å². The van der Waals surface area contributed by atoms with Crippen molar-refractivity contribution >= 4 is 22.5 Å². The molecule has 0 aromatic carbocycles. The average Bonchev–Trinajstić information content (AvgIpc) is 2.90. The van der Waals surface area contributed by atoms with Crippen LogP contribution in [0.2, 0.25) is 0 Å². The molecule has 0 bridgehead atoms. The van der Waals surface area contributed by atoms with Crippen LogP contribution in [0.1, 0.15) is 12.0 Å². The minimum absolute atomic E-state index is 0.0345. The molecule has 0 aliphatic carbocycles. The van der Waals surface area contributed by atoms with Crippen LogP contribution in [0.25, 0.3) is 16.6 Å². The summed E-state index contributed by atoms with van der Waals surface area (Å²) in [6.45, 7) is 0.0247. The number of aromatic nitrogens is 2. The van der Waals surface area contributed by atoms with Gasteiger partial charge in [-0.15, -0.1) is 0 Å². The van der Waals surface area contributed by atoms with Gasteiger partial charge in [-0.3, -0.25) is 9.78 Å². The predicted octanol–water partition coefficient (Wildman–Crippen LogP) is 2.74. The van der Waals surface area contributed by atoms with Crippen molar-refractivity contribution in [3.63, 3.8) is 0 Å². The van der Waals surface area contributed by atoms with E-state index in [0.717, 1.165) is 27.1 Å². The molecule has 1 amide bonds. The van der Waals surface area contributed by atoms with Crippen LogP contribution >= 0.6 is 0 Å². The number of halogens is 3. The fourth-order valence-electron chi connectivity index (χ4n) is 2.48. The fraction of sp³-hybridized carbons (Fsp3) is 0.286. The van der Waals surface area contributed by atoms with E-state index in [4.69, 9.17) is 0 Å². The van der Waals surface area contributed by atoms with Crippen LogP contribution in [0.4, 0.5) is 13.2 Å². The van der Waals surface area contributed by atoms with Crippen LogP contribution in [0, 0.1) is 0 Å². The highest BCUT2D eigenvalue weighted by molar-refractivity contribution is 5.90. The van der Waals surface area contributed by atoms with E-state index in [0.29, 0.717) is 6.42 Å². The van der Waals surface area contributed by atoms with E-state index in [-0.39, 0.29) is 13.1 Å². The van der Waals surface area contributed by atoms with E-state index in [2.05, 4.69) is 9.97 Å². The number of amides is 1. The minimum Gasteiger partial charge on any atom is -0.359 e. The maximum atomic E-state index is 12.4. The Hall–Kier alpha value is -2.31. The third kappa shape index (κ3) is 2.51. The summed E-state index contributed by atoms with van der Waals surface area (Å²) in [5.41, 5.74) is 3.46. The Balaban J connectivity index is 1.84. The Morgan fingerprint density at radius 3 is 2.86 bits per heavy atom. The van der Waals surface area contributed by atoms with E-state index in [1.165, 1.54) is 0 Å². The molecule has 0 fully saturated rings. The zero-order valence-electron chi connectivity index (χ0n) is 10.9. The van der Waals surface area contributed by atoms with Gasteiger partial charge in [-0.05, 0) is 24.1 Å². The van der Waals surface area contributed by atoms with Crippen molar-refractivity contribution in [1.29, 1.82) is 0 Å². The molecule has 0 saturated carbocycles. The van der Waals surface area contributed by atoms with Gasteiger partial charge < -0.3 is 9.88 Å². The zero-order chi connectivity index (χ0) is 15.0. The van der Waals surface area contributed by atoms with Gasteiger partial charge in [-0.25, -0.2) is 0 Å². The molecule has 0 spiro atoms. The predicted molar refractivity (Wildman–Crippen MR) is 71.3 cm³/mol. The zero-order valence-corrected chi connectivity index (χ0v) is 10.9. The molecule has 3 heterocycles. The average molecular weight is 295 g/mol. The van der Waals surface area contributed by atoms with Crippen LogP contribution in [-0.4, -0.2) is 40.0 Å². The molecule has 0 atom stereocenters. The monoisotopic (exact) mass is 295 g/mol. The number of nitrogens with one attached hydrogen (secondary N) is 1. The number of fused-ring (bicyclic) bond motifs is 1. The number of carbonyl (C=O) groups is 1. The third-order valence-corrected chi connectivity index (χ3v) is 3.52. The number of alkyl halides is 3. The minimum atomic E-state index is -4.81. The van der Waals surface area contributed by atoms with E-state index >= 15 is 0 Å². The first-order valence-electron chi connectivity index (χ1n) is 6.44. The SMILES string of the molecule is O=C(N1CC=C(c2c[nH]c3cccnc23)CC1)C(F)(F)F. The van der Waals surface area contributed by atoms with Crippen LogP contribution in [0.5, 0.6) is 0 Å². The Kier molecular flexibility index (Phi) is 3.19. The van der Waals surface area contributed by atoms with E-state index in [1.54, 1.807) is 18.5 Å². The van der Waals surface area contributed by atoms with Crippen molar-refractivity contribution in [3.8, 4) is 0 Å². The quantitative estimate of drug-likeness (QED) is 0.879. The molecular formula is C14H12F3N3O. The number of nitrogens with zero attached hydrogens (tertiary/aromatic N) is 2. The lowest BCUT2D eigenvalue weighted by Gasteiger charge is -2.27. The number of hydrogen-bond donors (Lipinski definition) is 1. The molecule has 1 aliphatic rings. The summed E-state index contributed by atoms with van der Waals surface area (Å²) in [7, 11) is 0. The molecule has 2 aromatic rings. The van der Waals surface area contributed by atoms with Crippen molar-refractivity contribution in [2.45, 2.75) is 12.6 Å². The number of hydrogen-bond acceptors (Lipinski definition) is 2. The summed E-state index contributed by atoms with van der Waals surface area (Å²) in [6, 6.07) is 3.69. The Morgan fingerprint density at radius 1 is 1.38 bits per heavy atom. The van der Waals surface area contributed by atoms with Gasteiger partial charge in [0.1, 0.15) is 0 Å². The summed E-state index contributed by atoms with van der Waals surface area (Å²) in [6.07, 6.45) is 0.691. The van der Waals surface area contributed by atoms with Crippen molar-refractivity contribution < 1.29 is 18.0 Å². The smallest absolute Gasteiger partial charge is 0.359 e. The third-order valence-electron chi connectivity index (χ3n) is 3.52. The topological polar surface area (TPSA) is 49.0 Å². The maximum Gasteiger partial charge on any atom is 0.471 e. The molecule has 4 nitrogen and oxygen atoms in total. The molecule has 1 N–H and O–H groups in total. The number of rotatable bonds is 1. The Morgan fingerprint density at radius 2 is 2.19 bits per heavy atom. The molecule has 21 heavy (non-hydrogen) atoms. The summed E-state index contributed by atoms with van der Waals surface area (Å²) < 4.78 is 37.2. The van der Waals surface area contributed by atoms with Gasteiger partial charge in [0.25, 0.3) is 0 Å². The van der Waals surface area contributed by atoms with Crippen molar-refractivity contribution in [2.24, 2.45) is 0 Å². The molecule has 0 unspecified atom stereocenters. The van der Waals surface area contributed by atoms with E-state index in [1.807, 2.05) is 12.1 Å². The highest BCUT2D eigenvalue weighted by Gasteiger charge is 2.42. The number of aromatic amines is 1. The Labute approximate surface area is 118 Å². The second-order valence-corrected chi connectivity index (χ2v) is 4.83. The first-order chi connectivity index (χ1) is 9.97. The van der Waals surface area contributed by atoms with E-state index in [9.17, 15) is 18.0 Å². The number of pyridine rings is 1. The second kappa shape index (κ2) is 4.91. The van der Waals surface area contributed by atoms with Crippen LogP contribution in [-0.2, 0) is 4.79 Å². The highest BCUT2D eigenvalue weighted by atomic mass is 19.4. The lowest BCUT2D eigenvalue weighted by Crippen LogP contribution is -2.43. The molecule has 110 valence electrons. The second-order valence-electron chi connectivity index (χ2n) is 4.83. The van der Waals surface area contributed by atoms with Crippen molar-refractivity contribution in [1.82, 2.24) is 14.9 Å². The van der Waals surface area contributed by atoms with Crippen molar-refractivity contribution in [2.75, 3.05) is 13.1 Å². The summed E-state index contributed by atoms with van der Waals surface area (Å²) >= 11 is 0. The van der Waals surface area contributed by atoms with Gasteiger partial charge in [0, 0.05) is 31.0 Å². The summed E-state index contributed by atoms with van der Waals surface area (Å²) in [5, 5.41) is 0. The van der Waals surface area contributed by atoms with Gasteiger partial charge in [0.05, 0.1) is 11.0 Å². The molecule has 2 aromatic heterocycles. The maximum absolute atomic E-state index is 12.4. The summed E-state index contributed by atoms with van der Waals surface area (Å²) in [4.78, 5) is 19.3. The first kappa shape index (κ1) is 13.7. The number of carbonyl (C=O) groups excluding carboxylic acids is 1. The van der Waals surface area contributed by atoms with Crippen LogP contribution in [0.15, 0.2) is 30.6 Å². The van der Waals surface area contributed by atoms with Gasteiger partial charge in [-0.2, -0.15) is 13.2 Å². The largest absolute Gasteiger partial charge is 0.471 e. The molecular weight excluding hydrogens is 283 g/mol. The Bertz CT molecular complexity index is 718. The van der Waals surface area contributed by atoms with Crippen molar-refractivity contribution in [3.05, 3.63) is 36.2 Å². The van der Waals surface area contributed by atoms with Gasteiger partial charge >= 0.3 is 12.1 Å². The van der Waals surface area contributed by atoms with Gasteiger partial charge in [-0.1, -0.05) is 6.08 Å². The van der Waals surface area contributed by atoms with Gasteiger partial charge in [0.2, 0.25) is 0 Å². The first-order valence-corrected chi connectivity index (χ1v) is 6.44. The van der Waals surface area contributed by atoms with Crippen LogP contribution < -0.4 is 0 Å². The highest BCUT2D eigenvalue weighted by Crippen LogP contribution is 2.29. The normalized spacial score (nSPS) is 16.1. The molecule has 0 radical (unpaired) electrons. The molecule has 7 heteroatoms. The summed E-state index contributed by atoms with van der Waals surface area (Å²) in [5.74, 6) is -1.78. The van der Waals surface area contributed by atoms with Gasteiger partial charge in [0.15, 0.2) is 0 Å². The lowest BCUT2D eigenvalue weighted by molar-refractivity contribution is -0.185. The molecule has 3 rings (SSSR count). The molecule has 0 saturated heterocycles. The lowest BCUT2D eigenvalue weighted by atomic mass is 10.0.